The molecule has 0 aliphatic rings. The molecule has 4 nitrogen and oxygen atoms in total. The minimum absolute atomic E-state index is 0.595. The van der Waals surface area contributed by atoms with Crippen molar-refractivity contribution in [1.29, 1.82) is 0 Å². The fourth-order valence-electron chi connectivity index (χ4n) is 3.37. The lowest BCUT2D eigenvalue weighted by atomic mass is 10.1. The zero-order valence-corrected chi connectivity index (χ0v) is 18.8. The van der Waals surface area contributed by atoms with Crippen molar-refractivity contribution in [2.75, 3.05) is 0 Å². The summed E-state index contributed by atoms with van der Waals surface area (Å²) in [6, 6.07) is 26.3. The van der Waals surface area contributed by atoms with Crippen LogP contribution in [0.2, 0.25) is 0 Å². The smallest absolute Gasteiger partial charge is 0.226 e. The van der Waals surface area contributed by atoms with Crippen LogP contribution in [-0.2, 0) is 6.42 Å². The number of rotatable bonds is 6. The van der Waals surface area contributed by atoms with Crippen LogP contribution in [-0.4, -0.2) is 8.96 Å². The Labute approximate surface area is 190 Å². The highest BCUT2D eigenvalue weighted by Gasteiger charge is 2.10. The van der Waals surface area contributed by atoms with E-state index in [1.165, 1.54) is 11.1 Å². The van der Waals surface area contributed by atoms with Gasteiger partial charge in [-0.3, -0.25) is 3.97 Å². The predicted molar refractivity (Wildman–Crippen MR) is 130 cm³/mol. The van der Waals surface area contributed by atoms with Crippen LogP contribution in [0.3, 0.4) is 0 Å². The second-order valence-corrected chi connectivity index (χ2v) is 8.58. The summed E-state index contributed by atoms with van der Waals surface area (Å²) < 4.78 is 14.0. The molecule has 0 N–H and O–H groups in total. The van der Waals surface area contributed by atoms with Crippen molar-refractivity contribution in [2.45, 2.75) is 6.42 Å². The Morgan fingerprint density at radius 3 is 2.67 bits per heavy atom. The molecular formula is C24H17IN2O2S. The summed E-state index contributed by atoms with van der Waals surface area (Å²) in [5, 5.41) is 1.14. The van der Waals surface area contributed by atoms with E-state index in [1.807, 2.05) is 48.5 Å². The molecule has 3 aromatic carbocycles. The van der Waals surface area contributed by atoms with Crippen LogP contribution >= 0.6 is 30.3 Å². The fraction of sp³-hybridized carbons (Fsp3) is 0.0417. The van der Waals surface area contributed by atoms with Crippen LogP contribution in [0.15, 0.2) is 95.7 Å². The number of ether oxygens (including phenoxy) is 1. The van der Waals surface area contributed by atoms with Crippen LogP contribution in [0.25, 0.3) is 22.4 Å². The molecule has 148 valence electrons. The van der Waals surface area contributed by atoms with Crippen LogP contribution in [0.5, 0.6) is 11.5 Å². The highest BCUT2D eigenvalue weighted by atomic mass is 127. The van der Waals surface area contributed by atoms with Crippen LogP contribution < -0.4 is 4.74 Å². The lowest BCUT2D eigenvalue weighted by molar-refractivity contribution is 0.483. The van der Waals surface area contributed by atoms with Crippen molar-refractivity contribution in [3.63, 3.8) is 0 Å². The zero-order valence-electron chi connectivity index (χ0n) is 15.9. The first-order valence-electron chi connectivity index (χ1n) is 9.45. The van der Waals surface area contributed by atoms with Gasteiger partial charge in [-0.2, -0.15) is 0 Å². The highest BCUT2D eigenvalue weighted by molar-refractivity contribution is 14.2. The van der Waals surface area contributed by atoms with Crippen molar-refractivity contribution >= 4 is 41.2 Å². The van der Waals surface area contributed by atoms with Gasteiger partial charge in [-0.1, -0.05) is 36.4 Å². The third kappa shape index (κ3) is 4.11. The quantitative estimate of drug-likeness (QED) is 0.216. The van der Waals surface area contributed by atoms with E-state index in [0.29, 0.717) is 5.89 Å². The van der Waals surface area contributed by atoms with Gasteiger partial charge in [0.1, 0.15) is 17.8 Å². The molecule has 0 bridgehead atoms. The SMILES string of the molecule is ISn1ccc2cc(Oc3cccc(-c4nc(Cc5ccccc5)co4)c3)ccc21. The number of nitrogens with zero attached hydrogens (tertiary/aromatic N) is 2. The van der Waals surface area contributed by atoms with E-state index in [9.17, 15) is 0 Å². The third-order valence-electron chi connectivity index (χ3n) is 4.80. The van der Waals surface area contributed by atoms with E-state index in [0.717, 1.165) is 34.6 Å². The molecule has 0 atom stereocenters. The average molecular weight is 524 g/mol. The molecule has 0 spiro atoms. The van der Waals surface area contributed by atoms with Crippen molar-refractivity contribution in [2.24, 2.45) is 0 Å². The van der Waals surface area contributed by atoms with Crippen LogP contribution in [0.1, 0.15) is 11.3 Å². The van der Waals surface area contributed by atoms with Gasteiger partial charge < -0.3 is 9.15 Å². The van der Waals surface area contributed by atoms with Gasteiger partial charge in [0.25, 0.3) is 0 Å². The van der Waals surface area contributed by atoms with E-state index in [2.05, 4.69) is 66.7 Å². The van der Waals surface area contributed by atoms with Gasteiger partial charge in [0.15, 0.2) is 0 Å². The molecule has 0 saturated carbocycles. The standard InChI is InChI=1S/C24H17IN2O2S/c25-30-27-12-11-18-14-22(9-10-23(18)27)29-21-8-4-7-19(15-21)24-26-20(16-28-24)13-17-5-2-1-3-6-17/h1-12,14-16H,13H2. The molecule has 0 aliphatic heterocycles. The first-order valence-corrected chi connectivity index (χ1v) is 12.8. The Hall–Kier alpha value is -2.71. The van der Waals surface area contributed by atoms with E-state index in [4.69, 9.17) is 9.15 Å². The summed E-state index contributed by atoms with van der Waals surface area (Å²) in [6.45, 7) is 0. The molecule has 0 fully saturated rings. The van der Waals surface area contributed by atoms with Crippen LogP contribution in [0, 0.1) is 0 Å². The topological polar surface area (TPSA) is 40.2 Å². The van der Waals surface area contributed by atoms with Gasteiger partial charge in [0.05, 0.1) is 11.2 Å². The molecule has 0 unspecified atom stereocenters. The normalized spacial score (nSPS) is 11.1. The maximum absolute atomic E-state index is 6.11. The van der Waals surface area contributed by atoms with Gasteiger partial charge in [-0.05, 0) is 48.0 Å². The number of hydrogen-bond acceptors (Lipinski definition) is 4. The predicted octanol–water partition coefficient (Wildman–Crippen LogP) is 7.53. The number of benzene rings is 3. The second kappa shape index (κ2) is 8.57. The molecule has 2 heterocycles. The Bertz CT molecular complexity index is 1300. The summed E-state index contributed by atoms with van der Waals surface area (Å²) in [5.41, 5.74) is 4.17. The fourth-order valence-corrected chi connectivity index (χ4v) is 4.75. The lowest BCUT2D eigenvalue weighted by Gasteiger charge is -2.07. The Morgan fingerprint density at radius 2 is 1.80 bits per heavy atom. The Morgan fingerprint density at radius 1 is 0.933 bits per heavy atom. The lowest BCUT2D eigenvalue weighted by Crippen LogP contribution is -1.88. The monoisotopic (exact) mass is 524 g/mol. The number of oxazole rings is 1. The van der Waals surface area contributed by atoms with Gasteiger partial charge in [0.2, 0.25) is 5.89 Å². The van der Waals surface area contributed by atoms with Gasteiger partial charge in [-0.15, -0.1) is 0 Å². The molecule has 0 saturated heterocycles. The Kier molecular flexibility index (Phi) is 5.50. The van der Waals surface area contributed by atoms with E-state index < -0.39 is 0 Å². The minimum atomic E-state index is 0.595. The molecule has 0 aliphatic carbocycles. The summed E-state index contributed by atoms with van der Waals surface area (Å²) in [5.74, 6) is 2.14. The molecular weight excluding hydrogens is 507 g/mol. The summed E-state index contributed by atoms with van der Waals surface area (Å²) >= 11 is 2.28. The Balaban J connectivity index is 1.35. The maximum atomic E-state index is 6.11. The highest BCUT2D eigenvalue weighted by Crippen LogP contribution is 2.31. The summed E-state index contributed by atoms with van der Waals surface area (Å²) in [6.07, 6.45) is 4.52. The van der Waals surface area contributed by atoms with Gasteiger partial charge in [-0.25, -0.2) is 4.98 Å². The first kappa shape index (κ1) is 19.3. The molecule has 2 aromatic heterocycles. The molecule has 5 rings (SSSR count). The van der Waals surface area contributed by atoms with Crippen molar-refractivity contribution in [3.05, 3.63) is 103 Å². The van der Waals surface area contributed by atoms with Gasteiger partial charge >= 0.3 is 0 Å². The molecule has 30 heavy (non-hydrogen) atoms. The largest absolute Gasteiger partial charge is 0.457 e. The van der Waals surface area contributed by atoms with Crippen molar-refractivity contribution in [3.8, 4) is 23.0 Å². The molecule has 6 heteroatoms. The van der Waals surface area contributed by atoms with E-state index in [-0.39, 0.29) is 0 Å². The molecule has 5 aromatic rings. The average Bonchev–Trinajstić information content (AvgIpc) is 3.41. The van der Waals surface area contributed by atoms with E-state index >= 15 is 0 Å². The zero-order chi connectivity index (χ0) is 20.3. The van der Waals surface area contributed by atoms with Crippen molar-refractivity contribution < 1.29 is 9.15 Å². The van der Waals surface area contributed by atoms with Crippen molar-refractivity contribution in [1.82, 2.24) is 8.96 Å². The number of hydrogen-bond donors (Lipinski definition) is 0. The molecule has 0 amide bonds. The summed E-state index contributed by atoms with van der Waals surface area (Å²) in [4.78, 5) is 4.65. The van der Waals surface area contributed by atoms with Gasteiger partial charge in [0, 0.05) is 53.9 Å². The third-order valence-corrected chi connectivity index (χ3v) is 6.54. The number of aromatic nitrogens is 2. The minimum Gasteiger partial charge on any atom is -0.457 e. The second-order valence-electron chi connectivity index (χ2n) is 6.87. The first-order chi connectivity index (χ1) is 14.8. The molecule has 0 radical (unpaired) electrons. The summed E-state index contributed by atoms with van der Waals surface area (Å²) in [7, 11) is 1.65. The number of halogens is 1. The maximum Gasteiger partial charge on any atom is 0.226 e. The van der Waals surface area contributed by atoms with Crippen LogP contribution in [0.4, 0.5) is 0 Å². The number of fused-ring (bicyclic) bond motifs is 1. The van der Waals surface area contributed by atoms with E-state index in [1.54, 1.807) is 15.4 Å².